The van der Waals surface area contributed by atoms with Crippen LogP contribution in [-0.4, -0.2) is 53.7 Å². The van der Waals surface area contributed by atoms with Crippen LogP contribution in [0.3, 0.4) is 0 Å². The lowest BCUT2D eigenvalue weighted by Crippen LogP contribution is -2.43. The molecule has 244 valence electrons. The number of halogens is 3. The van der Waals surface area contributed by atoms with Crippen LogP contribution >= 0.6 is 34.8 Å². The van der Waals surface area contributed by atoms with Gasteiger partial charge in [-0.05, 0) is 48.9 Å². The Kier molecular flexibility index (Phi) is 9.07. The molecule has 1 aliphatic rings. The highest BCUT2D eigenvalue weighted by atomic mass is 35.5. The van der Waals surface area contributed by atoms with Crippen LogP contribution in [-0.2, 0) is 0 Å². The van der Waals surface area contributed by atoms with E-state index >= 15 is 0 Å². The first-order valence-corrected chi connectivity index (χ1v) is 16.8. The molecule has 11 heteroatoms. The van der Waals surface area contributed by atoms with E-state index in [0.717, 1.165) is 65.3 Å². The molecule has 2 aromatic heterocycles. The van der Waals surface area contributed by atoms with E-state index in [1.54, 1.807) is 19.5 Å². The summed E-state index contributed by atoms with van der Waals surface area (Å²) in [7, 11) is 1.62. The van der Waals surface area contributed by atoms with Gasteiger partial charge in [0.15, 0.2) is 0 Å². The second-order valence-corrected chi connectivity index (χ2v) is 13.0. The van der Waals surface area contributed by atoms with Gasteiger partial charge in [0.2, 0.25) is 0 Å². The maximum atomic E-state index is 14.6. The molecule has 7 rings (SSSR count). The molecule has 1 fully saturated rings. The zero-order valence-corrected chi connectivity index (χ0v) is 28.6. The van der Waals surface area contributed by atoms with E-state index in [1.807, 2.05) is 78.9 Å². The van der Waals surface area contributed by atoms with Gasteiger partial charge in [-0.3, -0.25) is 4.79 Å². The van der Waals surface area contributed by atoms with E-state index in [0.29, 0.717) is 37.8 Å². The molecule has 4 aromatic carbocycles. The number of H-pyrrole nitrogens is 1. The Morgan fingerprint density at radius 2 is 1.69 bits per heavy atom. The first-order chi connectivity index (χ1) is 23.3. The van der Waals surface area contributed by atoms with E-state index in [1.165, 1.54) is 0 Å². The summed E-state index contributed by atoms with van der Waals surface area (Å²) in [5, 5.41) is 9.08. The fraction of sp³-hybridized carbons (Fsp3) is 0.189. The third kappa shape index (κ3) is 6.13. The largest absolute Gasteiger partial charge is 0.497 e. The van der Waals surface area contributed by atoms with E-state index in [-0.39, 0.29) is 11.9 Å². The van der Waals surface area contributed by atoms with Crippen molar-refractivity contribution < 1.29 is 9.53 Å². The van der Waals surface area contributed by atoms with Crippen molar-refractivity contribution in [3.05, 3.63) is 118 Å². The highest BCUT2D eigenvalue weighted by molar-refractivity contribution is 6.35. The van der Waals surface area contributed by atoms with Crippen molar-refractivity contribution in [2.45, 2.75) is 13.0 Å². The number of anilines is 2. The van der Waals surface area contributed by atoms with Gasteiger partial charge in [-0.15, -0.1) is 0 Å². The predicted octanol–water partition coefficient (Wildman–Crippen LogP) is 8.94. The minimum atomic E-state index is -0.314. The summed E-state index contributed by atoms with van der Waals surface area (Å²) >= 11 is 19.5. The molecule has 0 saturated carbocycles. The quantitative estimate of drug-likeness (QED) is 0.148. The second-order valence-electron chi connectivity index (χ2n) is 11.7. The summed E-state index contributed by atoms with van der Waals surface area (Å²) in [4.78, 5) is 25.2. The van der Waals surface area contributed by atoms with Crippen LogP contribution in [0.5, 0.6) is 5.75 Å². The van der Waals surface area contributed by atoms with E-state index in [9.17, 15) is 4.79 Å². The second kappa shape index (κ2) is 13.6. The Morgan fingerprint density at radius 1 is 0.938 bits per heavy atom. The van der Waals surface area contributed by atoms with Crippen LogP contribution in [0.2, 0.25) is 15.1 Å². The van der Waals surface area contributed by atoms with Crippen LogP contribution in [0, 0.1) is 0 Å². The molecule has 8 nitrogen and oxygen atoms in total. The van der Waals surface area contributed by atoms with Crippen molar-refractivity contribution in [3.63, 3.8) is 0 Å². The number of ether oxygens (including phenoxy) is 1. The Balaban J connectivity index is 1.42. The number of carbonyl (C=O) groups is 1. The van der Waals surface area contributed by atoms with Gasteiger partial charge in [0.05, 0.1) is 42.2 Å². The predicted molar refractivity (Wildman–Crippen MR) is 196 cm³/mol. The van der Waals surface area contributed by atoms with Crippen molar-refractivity contribution in [2.24, 2.45) is 0 Å². The van der Waals surface area contributed by atoms with Crippen LogP contribution in [0.4, 0.5) is 11.4 Å². The van der Waals surface area contributed by atoms with Gasteiger partial charge in [0.1, 0.15) is 11.4 Å². The number of fused-ring (bicyclic) bond motifs is 1. The van der Waals surface area contributed by atoms with E-state index < -0.39 is 0 Å². The lowest BCUT2D eigenvalue weighted by molar-refractivity contribution is 0.102. The fourth-order valence-electron chi connectivity index (χ4n) is 6.39. The lowest BCUT2D eigenvalue weighted by atomic mass is 9.99. The topological polar surface area (TPSA) is 87.2 Å². The number of benzene rings is 4. The minimum Gasteiger partial charge on any atom is -0.497 e. The summed E-state index contributed by atoms with van der Waals surface area (Å²) in [5.74, 6) is 0.330. The Morgan fingerprint density at radius 3 is 2.44 bits per heavy atom. The Hall–Kier alpha value is -4.47. The molecule has 1 unspecified atom stereocenters. The molecular weight excluding hydrogens is 667 g/mol. The molecule has 0 radical (unpaired) electrons. The SMILES string of the molecule is COc1ccc(N2CCNCC2)c(NC(=O)c2[nH]c3cc(Cl)ccc3c2-c2c(-c3ccccc3)ncn2C(C)c2ccc(Cl)cc2Cl)c1. The number of piperazine rings is 1. The number of aromatic nitrogens is 3. The summed E-state index contributed by atoms with van der Waals surface area (Å²) in [6, 6.07) is 26.5. The fourth-order valence-corrected chi connectivity index (χ4v) is 7.13. The summed E-state index contributed by atoms with van der Waals surface area (Å²) < 4.78 is 7.62. The number of aromatic amines is 1. The van der Waals surface area contributed by atoms with Crippen LogP contribution < -0.4 is 20.3 Å². The number of nitrogens with zero attached hydrogens (tertiary/aromatic N) is 3. The standard InChI is InChI=1S/C37H33Cl3N6O2/c1-22(27-11-8-24(38)18-29(27)40)46-21-42-34(23-6-4-3-5-7-23)36(46)33-28-12-9-25(39)19-30(28)43-35(33)37(47)44-31-20-26(48-2)10-13-32(31)45-16-14-41-15-17-45/h3-13,18-22,41,43H,14-17H2,1-2H3,(H,44,47). The molecule has 1 amide bonds. The molecule has 48 heavy (non-hydrogen) atoms. The third-order valence-electron chi connectivity index (χ3n) is 8.80. The van der Waals surface area contributed by atoms with Gasteiger partial charge in [-0.25, -0.2) is 4.98 Å². The molecule has 6 aromatic rings. The average Bonchev–Trinajstić information content (AvgIpc) is 3.70. The van der Waals surface area contributed by atoms with Gasteiger partial charge in [0, 0.05) is 69.3 Å². The number of methoxy groups -OCH3 is 1. The molecule has 3 N–H and O–H groups in total. The first kappa shape index (κ1) is 32.1. The maximum Gasteiger partial charge on any atom is 0.272 e. The van der Waals surface area contributed by atoms with Crippen molar-refractivity contribution in [2.75, 3.05) is 43.5 Å². The third-order valence-corrected chi connectivity index (χ3v) is 9.60. The molecule has 0 spiro atoms. The highest BCUT2D eigenvalue weighted by Gasteiger charge is 2.29. The molecule has 1 aliphatic heterocycles. The molecule has 1 atom stereocenters. The van der Waals surface area contributed by atoms with E-state index in [2.05, 4.69) is 32.0 Å². The molecular formula is C37H33Cl3N6O2. The maximum absolute atomic E-state index is 14.6. The number of nitrogens with one attached hydrogen (secondary N) is 3. The summed E-state index contributed by atoms with van der Waals surface area (Å²) in [6.07, 6.45) is 1.80. The van der Waals surface area contributed by atoms with Crippen molar-refractivity contribution >= 4 is 63.0 Å². The monoisotopic (exact) mass is 698 g/mol. The van der Waals surface area contributed by atoms with E-state index in [4.69, 9.17) is 44.5 Å². The smallest absolute Gasteiger partial charge is 0.272 e. The summed E-state index contributed by atoms with van der Waals surface area (Å²) in [6.45, 7) is 5.39. The highest BCUT2D eigenvalue weighted by Crippen LogP contribution is 2.42. The molecule has 0 bridgehead atoms. The van der Waals surface area contributed by atoms with Gasteiger partial charge < -0.3 is 29.8 Å². The number of carbonyl (C=O) groups excluding carboxylic acids is 1. The van der Waals surface area contributed by atoms with Gasteiger partial charge >= 0.3 is 0 Å². The van der Waals surface area contributed by atoms with Crippen LogP contribution in [0.25, 0.3) is 33.4 Å². The lowest BCUT2D eigenvalue weighted by Gasteiger charge is -2.31. The normalized spacial score (nSPS) is 13.9. The van der Waals surface area contributed by atoms with Crippen LogP contribution in [0.1, 0.15) is 29.0 Å². The molecule has 3 heterocycles. The zero-order valence-electron chi connectivity index (χ0n) is 26.4. The van der Waals surface area contributed by atoms with Crippen molar-refractivity contribution in [3.8, 4) is 28.3 Å². The number of hydrogen-bond donors (Lipinski definition) is 3. The number of hydrogen-bond acceptors (Lipinski definition) is 5. The van der Waals surface area contributed by atoms with Gasteiger partial charge in [-0.2, -0.15) is 0 Å². The van der Waals surface area contributed by atoms with Gasteiger partial charge in [-0.1, -0.05) is 77.3 Å². The van der Waals surface area contributed by atoms with Gasteiger partial charge in [0.25, 0.3) is 5.91 Å². The first-order valence-electron chi connectivity index (χ1n) is 15.7. The number of amides is 1. The van der Waals surface area contributed by atoms with Crippen LogP contribution in [0.15, 0.2) is 91.3 Å². The van der Waals surface area contributed by atoms with Crippen molar-refractivity contribution in [1.82, 2.24) is 19.9 Å². The molecule has 0 aliphatic carbocycles. The van der Waals surface area contributed by atoms with Crippen molar-refractivity contribution in [1.29, 1.82) is 0 Å². The zero-order chi connectivity index (χ0) is 33.4. The minimum absolute atomic E-state index is 0.263. The number of rotatable bonds is 8. The number of imidazole rings is 1. The Labute approximate surface area is 293 Å². The molecule has 1 saturated heterocycles. The average molecular weight is 700 g/mol. The Bertz CT molecular complexity index is 2120. The summed E-state index contributed by atoms with van der Waals surface area (Å²) in [5.41, 5.74) is 6.61.